The summed E-state index contributed by atoms with van der Waals surface area (Å²) in [5.41, 5.74) is 1.18. The number of piperazine rings is 1. The van der Waals surface area contributed by atoms with Crippen molar-refractivity contribution in [3.05, 3.63) is 65.0 Å². The number of phenolic OH excluding ortho intramolecular Hbond substituents is 1. The van der Waals surface area contributed by atoms with Gasteiger partial charge in [-0.3, -0.25) is 24.5 Å². The first kappa shape index (κ1) is 29.9. The Labute approximate surface area is 244 Å². The summed E-state index contributed by atoms with van der Waals surface area (Å²) in [6.07, 6.45) is 6.22. The van der Waals surface area contributed by atoms with Crippen LogP contribution in [0.15, 0.2) is 58.6 Å². The molecular formula is C30H34ClFN6O3. The van der Waals surface area contributed by atoms with E-state index in [1.807, 2.05) is 31.7 Å². The fraction of sp³-hybridized carbons (Fsp3) is 0.367. The molecule has 1 fully saturated rings. The molecule has 2 aromatic rings. The van der Waals surface area contributed by atoms with Gasteiger partial charge >= 0.3 is 0 Å². The summed E-state index contributed by atoms with van der Waals surface area (Å²) in [7, 11) is 1.63. The fourth-order valence-corrected chi connectivity index (χ4v) is 5.75. The lowest BCUT2D eigenvalue weighted by atomic mass is 9.94. The van der Waals surface area contributed by atoms with Gasteiger partial charge in [0.15, 0.2) is 0 Å². The van der Waals surface area contributed by atoms with Crippen LogP contribution in [0.25, 0.3) is 11.3 Å². The van der Waals surface area contributed by atoms with E-state index in [9.17, 15) is 14.7 Å². The molecule has 0 radical (unpaired) electrons. The summed E-state index contributed by atoms with van der Waals surface area (Å²) in [4.78, 5) is 44.3. The Balaban J connectivity index is 1.92. The lowest BCUT2D eigenvalue weighted by Gasteiger charge is -2.42. The molecular weight excluding hydrogens is 547 g/mol. The lowest BCUT2D eigenvalue weighted by molar-refractivity contribution is -0.128. The SMILES string of the molecule is C=CC(=O)N1CCN(C(=NC)c2cc(Cl)c(-c3c(O)cccc3F)nc2N(C=O)C2C(C)=CC=NC2CC)C(C)C1. The van der Waals surface area contributed by atoms with E-state index in [2.05, 4.69) is 16.6 Å². The third kappa shape index (κ3) is 5.74. The number of carbonyl (C=O) groups excluding carboxylic acids is 2. The van der Waals surface area contributed by atoms with Gasteiger partial charge in [0.05, 0.1) is 33.9 Å². The van der Waals surface area contributed by atoms with Crippen LogP contribution in [0.3, 0.4) is 0 Å². The Hall–Kier alpha value is -4.05. The number of benzene rings is 1. The minimum Gasteiger partial charge on any atom is -0.507 e. The maximum absolute atomic E-state index is 15.0. The van der Waals surface area contributed by atoms with Crippen LogP contribution in [0.1, 0.15) is 32.8 Å². The minimum absolute atomic E-state index is 0.00763. The predicted molar refractivity (Wildman–Crippen MR) is 160 cm³/mol. The van der Waals surface area contributed by atoms with Gasteiger partial charge in [-0.1, -0.05) is 31.2 Å². The Kier molecular flexibility index (Phi) is 9.22. The number of carbonyl (C=O) groups is 2. The van der Waals surface area contributed by atoms with Crippen LogP contribution < -0.4 is 4.90 Å². The number of amides is 2. The van der Waals surface area contributed by atoms with Gasteiger partial charge in [-0.15, -0.1) is 0 Å². The van der Waals surface area contributed by atoms with Gasteiger partial charge in [-0.25, -0.2) is 9.37 Å². The van der Waals surface area contributed by atoms with Crippen molar-refractivity contribution in [3.8, 4) is 17.0 Å². The van der Waals surface area contributed by atoms with Crippen molar-refractivity contribution in [1.82, 2.24) is 14.8 Å². The molecule has 11 heteroatoms. The number of dihydropyridines is 1. The number of phenols is 1. The van der Waals surface area contributed by atoms with Gasteiger partial charge < -0.3 is 14.9 Å². The number of anilines is 1. The first-order valence-electron chi connectivity index (χ1n) is 13.4. The second-order valence-electron chi connectivity index (χ2n) is 10.0. The summed E-state index contributed by atoms with van der Waals surface area (Å²) < 4.78 is 15.0. The molecule has 216 valence electrons. The number of halogens is 2. The van der Waals surface area contributed by atoms with E-state index in [1.165, 1.54) is 29.2 Å². The molecule has 2 amide bonds. The zero-order valence-electron chi connectivity index (χ0n) is 23.6. The Morgan fingerprint density at radius 1 is 1.37 bits per heavy atom. The molecule has 0 saturated carbocycles. The van der Waals surface area contributed by atoms with Crippen LogP contribution >= 0.6 is 11.6 Å². The normalized spacial score (nSPS) is 21.0. The maximum atomic E-state index is 15.0. The minimum atomic E-state index is -0.707. The van der Waals surface area contributed by atoms with Crippen LogP contribution in [-0.4, -0.2) is 89.1 Å². The van der Waals surface area contributed by atoms with Crippen molar-refractivity contribution in [3.63, 3.8) is 0 Å². The molecule has 0 bridgehead atoms. The van der Waals surface area contributed by atoms with Crippen LogP contribution in [0.5, 0.6) is 5.75 Å². The van der Waals surface area contributed by atoms with Gasteiger partial charge in [0.2, 0.25) is 12.3 Å². The number of aliphatic imine (C=N–C) groups is 2. The monoisotopic (exact) mass is 580 g/mol. The van der Waals surface area contributed by atoms with Crippen molar-refractivity contribution in [1.29, 1.82) is 0 Å². The predicted octanol–water partition coefficient (Wildman–Crippen LogP) is 4.48. The second-order valence-corrected chi connectivity index (χ2v) is 10.5. The molecule has 1 aromatic heterocycles. The highest BCUT2D eigenvalue weighted by Crippen LogP contribution is 2.39. The molecule has 9 nitrogen and oxygen atoms in total. The van der Waals surface area contributed by atoms with Crippen molar-refractivity contribution in [2.24, 2.45) is 9.98 Å². The molecule has 2 aliphatic rings. The Morgan fingerprint density at radius 2 is 2.12 bits per heavy atom. The first-order valence-corrected chi connectivity index (χ1v) is 13.8. The Morgan fingerprint density at radius 3 is 2.73 bits per heavy atom. The molecule has 1 aromatic carbocycles. The van der Waals surface area contributed by atoms with E-state index >= 15 is 4.39 Å². The number of rotatable bonds is 7. The molecule has 41 heavy (non-hydrogen) atoms. The van der Waals surface area contributed by atoms with Crippen LogP contribution in [0.2, 0.25) is 5.02 Å². The van der Waals surface area contributed by atoms with E-state index in [0.717, 1.165) is 5.57 Å². The quantitative estimate of drug-likeness (QED) is 0.225. The van der Waals surface area contributed by atoms with Gasteiger partial charge in [0, 0.05) is 38.9 Å². The number of aromatic hydroxyl groups is 1. The topological polar surface area (TPSA) is 102 Å². The van der Waals surface area contributed by atoms with E-state index < -0.39 is 11.9 Å². The largest absolute Gasteiger partial charge is 0.507 e. The molecule has 3 heterocycles. The number of allylic oxidation sites excluding steroid dienone is 1. The van der Waals surface area contributed by atoms with E-state index in [0.29, 0.717) is 43.9 Å². The molecule has 1 N–H and O–H groups in total. The smallest absolute Gasteiger partial charge is 0.246 e. The van der Waals surface area contributed by atoms with Crippen LogP contribution in [-0.2, 0) is 9.59 Å². The number of amidine groups is 1. The molecule has 3 atom stereocenters. The average molecular weight is 581 g/mol. The molecule has 0 aliphatic carbocycles. The highest BCUT2D eigenvalue weighted by molar-refractivity contribution is 6.33. The number of hydrogen-bond acceptors (Lipinski definition) is 6. The van der Waals surface area contributed by atoms with Gasteiger partial charge in [0.25, 0.3) is 0 Å². The van der Waals surface area contributed by atoms with Gasteiger partial charge in [0.1, 0.15) is 23.2 Å². The summed E-state index contributed by atoms with van der Waals surface area (Å²) >= 11 is 6.74. The highest BCUT2D eigenvalue weighted by Gasteiger charge is 2.36. The second kappa shape index (κ2) is 12.6. The highest BCUT2D eigenvalue weighted by atomic mass is 35.5. The summed E-state index contributed by atoms with van der Waals surface area (Å²) in [6.45, 7) is 10.8. The standard InChI is InChI=1S/C30H34ClFN6O3/c1-6-23-28(18(3)11-12-34-23)38(17-39)30-20(15-21(31)27(35-30)26-22(32)9-8-10-24(26)40)29(33-5)37-14-13-36(16-19(37)4)25(41)7-2/h7-12,15,17,19,23,28,40H,2,6,13-14,16H2,1,3-5H3. The third-order valence-corrected chi connectivity index (χ3v) is 7.83. The van der Waals surface area contributed by atoms with E-state index in [4.69, 9.17) is 16.6 Å². The van der Waals surface area contributed by atoms with Crippen LogP contribution in [0.4, 0.5) is 10.2 Å². The number of aromatic nitrogens is 1. The zero-order valence-corrected chi connectivity index (χ0v) is 24.3. The fourth-order valence-electron chi connectivity index (χ4n) is 5.50. The number of hydrogen-bond donors (Lipinski definition) is 1. The first-order chi connectivity index (χ1) is 19.7. The summed E-state index contributed by atoms with van der Waals surface area (Å²) in [6, 6.07) is 4.70. The summed E-state index contributed by atoms with van der Waals surface area (Å²) in [5, 5.41) is 10.6. The van der Waals surface area contributed by atoms with Gasteiger partial charge in [-0.2, -0.15) is 0 Å². The van der Waals surface area contributed by atoms with Gasteiger partial charge in [-0.05, 0) is 56.2 Å². The van der Waals surface area contributed by atoms with Crippen molar-refractivity contribution < 1.29 is 19.1 Å². The third-order valence-electron chi connectivity index (χ3n) is 7.54. The molecule has 3 unspecified atom stereocenters. The molecule has 2 aliphatic heterocycles. The van der Waals surface area contributed by atoms with E-state index in [1.54, 1.807) is 24.2 Å². The van der Waals surface area contributed by atoms with Crippen molar-refractivity contribution >= 4 is 41.8 Å². The van der Waals surface area contributed by atoms with Crippen molar-refractivity contribution in [2.75, 3.05) is 31.6 Å². The van der Waals surface area contributed by atoms with Crippen molar-refractivity contribution in [2.45, 2.75) is 45.3 Å². The lowest BCUT2D eigenvalue weighted by Crippen LogP contribution is -2.55. The summed E-state index contributed by atoms with van der Waals surface area (Å²) in [5.74, 6) is -0.475. The average Bonchev–Trinajstić information content (AvgIpc) is 2.96. The van der Waals surface area contributed by atoms with E-state index in [-0.39, 0.29) is 45.8 Å². The number of nitrogens with zero attached hydrogens (tertiary/aromatic N) is 6. The molecule has 0 spiro atoms. The molecule has 1 saturated heterocycles. The maximum Gasteiger partial charge on any atom is 0.246 e. The van der Waals surface area contributed by atoms with Crippen LogP contribution in [0, 0.1) is 5.82 Å². The number of pyridine rings is 1. The molecule has 4 rings (SSSR count). The Bertz CT molecular complexity index is 1420. The zero-order chi connectivity index (χ0) is 29.8.